The number of aliphatic carboxylic acids is 1. The van der Waals surface area contributed by atoms with Crippen molar-refractivity contribution < 1.29 is 19.0 Å². The maximum Gasteiger partial charge on any atom is 0.309 e. The fourth-order valence-corrected chi connectivity index (χ4v) is 4.49. The summed E-state index contributed by atoms with van der Waals surface area (Å²) >= 11 is 0. The molecule has 0 spiro atoms. The number of fused-ring (bicyclic) bond motifs is 1. The number of nitrogens with zero attached hydrogens (tertiary/aromatic N) is 2. The normalized spacial score (nSPS) is 20.4. The van der Waals surface area contributed by atoms with E-state index in [-0.39, 0.29) is 11.9 Å². The molecule has 5 rings (SSSR count). The van der Waals surface area contributed by atoms with Crippen molar-refractivity contribution in [3.8, 4) is 28.4 Å². The molecule has 1 aliphatic carbocycles. The number of aromatic amines is 1. The third-order valence-corrected chi connectivity index (χ3v) is 6.77. The van der Waals surface area contributed by atoms with Gasteiger partial charge >= 0.3 is 5.97 Å². The van der Waals surface area contributed by atoms with Crippen LogP contribution >= 0.6 is 0 Å². The van der Waals surface area contributed by atoms with Crippen molar-refractivity contribution >= 4 is 17.0 Å². The monoisotopic (exact) mass is 459 g/mol. The molecule has 34 heavy (non-hydrogen) atoms. The summed E-state index contributed by atoms with van der Waals surface area (Å²) in [7, 11) is 0. The van der Waals surface area contributed by atoms with E-state index in [2.05, 4.69) is 15.0 Å². The molecule has 2 N–H and O–H groups in total. The number of halogens is 1. The number of hydrogen-bond donors (Lipinski definition) is 2. The van der Waals surface area contributed by atoms with Crippen LogP contribution in [0.15, 0.2) is 54.7 Å². The lowest BCUT2D eigenvalue weighted by molar-refractivity contribution is -0.150. The second kappa shape index (κ2) is 8.56. The van der Waals surface area contributed by atoms with Crippen molar-refractivity contribution in [1.29, 1.82) is 0 Å². The van der Waals surface area contributed by atoms with Crippen LogP contribution < -0.4 is 4.74 Å². The first-order chi connectivity index (χ1) is 16.3. The van der Waals surface area contributed by atoms with Crippen LogP contribution in [0.4, 0.5) is 4.39 Å². The number of carboxylic acids is 1. The quantitative estimate of drug-likeness (QED) is 0.374. The van der Waals surface area contributed by atoms with E-state index >= 15 is 0 Å². The Morgan fingerprint density at radius 2 is 1.88 bits per heavy atom. The summed E-state index contributed by atoms with van der Waals surface area (Å²) in [6.45, 7) is 3.79. The molecular weight excluding hydrogens is 433 g/mol. The number of ether oxygens (including phenoxy) is 1. The SMILES string of the molecule is Cc1ccc2nc(-c3ccc(-c4ccc(OC5CCC(C)(C(=O)O)CC5)nc4)cc3F)[nH]c2c1. The Hall–Kier alpha value is -3.74. The fraction of sp³-hybridized carbons (Fsp3) is 0.296. The summed E-state index contributed by atoms with van der Waals surface area (Å²) in [6, 6.07) is 14.6. The Morgan fingerprint density at radius 3 is 2.56 bits per heavy atom. The zero-order valence-electron chi connectivity index (χ0n) is 19.1. The van der Waals surface area contributed by atoms with E-state index < -0.39 is 11.4 Å². The summed E-state index contributed by atoms with van der Waals surface area (Å²) in [6.07, 6.45) is 4.15. The van der Waals surface area contributed by atoms with Gasteiger partial charge in [0.1, 0.15) is 17.7 Å². The van der Waals surface area contributed by atoms with Crippen LogP contribution in [0.1, 0.15) is 38.2 Å². The maximum atomic E-state index is 15.0. The summed E-state index contributed by atoms with van der Waals surface area (Å²) in [5.74, 6) is -0.125. The van der Waals surface area contributed by atoms with Gasteiger partial charge in [0.2, 0.25) is 5.88 Å². The molecule has 2 aromatic carbocycles. The molecule has 1 aliphatic rings. The third kappa shape index (κ3) is 4.25. The highest BCUT2D eigenvalue weighted by atomic mass is 19.1. The van der Waals surface area contributed by atoms with E-state index in [1.807, 2.05) is 37.3 Å². The third-order valence-electron chi connectivity index (χ3n) is 6.77. The molecule has 0 amide bonds. The Labute approximate surface area is 196 Å². The van der Waals surface area contributed by atoms with Gasteiger partial charge in [0.25, 0.3) is 0 Å². The number of carbonyl (C=O) groups is 1. The number of pyridine rings is 1. The highest BCUT2D eigenvalue weighted by Gasteiger charge is 2.38. The van der Waals surface area contributed by atoms with Crippen LogP contribution in [0.3, 0.4) is 0 Å². The Balaban J connectivity index is 1.29. The van der Waals surface area contributed by atoms with Gasteiger partial charge in [-0.25, -0.2) is 14.4 Å². The van der Waals surface area contributed by atoms with E-state index in [1.54, 1.807) is 25.3 Å². The molecule has 174 valence electrons. The van der Waals surface area contributed by atoms with Gasteiger partial charge in [-0.15, -0.1) is 0 Å². The smallest absolute Gasteiger partial charge is 0.309 e. The molecule has 7 heteroatoms. The van der Waals surface area contributed by atoms with E-state index in [1.165, 1.54) is 6.07 Å². The number of rotatable bonds is 5. The van der Waals surface area contributed by atoms with Crippen LogP contribution in [0.25, 0.3) is 33.5 Å². The molecular formula is C27H26FN3O3. The van der Waals surface area contributed by atoms with Crippen LogP contribution in [-0.4, -0.2) is 32.1 Å². The number of aromatic nitrogens is 3. The molecule has 0 atom stereocenters. The molecule has 0 unspecified atom stereocenters. The number of H-pyrrole nitrogens is 1. The van der Waals surface area contributed by atoms with E-state index in [0.717, 1.165) is 22.2 Å². The van der Waals surface area contributed by atoms with Gasteiger partial charge in [0, 0.05) is 17.8 Å². The first-order valence-electron chi connectivity index (χ1n) is 11.4. The Kier molecular flexibility index (Phi) is 5.55. The highest BCUT2D eigenvalue weighted by Crippen LogP contribution is 2.37. The highest BCUT2D eigenvalue weighted by molar-refractivity contribution is 5.80. The van der Waals surface area contributed by atoms with E-state index in [4.69, 9.17) is 4.74 Å². The second-order valence-corrected chi connectivity index (χ2v) is 9.37. The summed E-state index contributed by atoms with van der Waals surface area (Å²) in [5, 5.41) is 9.37. The number of nitrogens with one attached hydrogen (secondary N) is 1. The van der Waals surface area contributed by atoms with Gasteiger partial charge in [0.15, 0.2) is 0 Å². The molecule has 0 saturated heterocycles. The number of carboxylic acid groups (broad SMARTS) is 1. The van der Waals surface area contributed by atoms with Gasteiger partial charge < -0.3 is 14.8 Å². The van der Waals surface area contributed by atoms with Gasteiger partial charge in [-0.2, -0.15) is 0 Å². The standard InChI is InChI=1S/C27H26FN3O3/c1-16-3-7-22-23(13-16)31-25(30-22)20-6-4-17(14-21(20)28)18-5-8-24(29-15-18)34-19-9-11-27(2,12-10-19)26(32)33/h3-8,13-15,19H,9-12H2,1-2H3,(H,30,31)(H,32,33). The fourth-order valence-electron chi connectivity index (χ4n) is 4.49. The minimum atomic E-state index is -0.748. The lowest BCUT2D eigenvalue weighted by Crippen LogP contribution is -2.36. The first-order valence-corrected chi connectivity index (χ1v) is 11.4. The van der Waals surface area contributed by atoms with Crippen molar-refractivity contribution in [2.45, 2.75) is 45.6 Å². The Morgan fingerprint density at radius 1 is 1.12 bits per heavy atom. The Bertz CT molecular complexity index is 1360. The molecule has 0 aliphatic heterocycles. The van der Waals surface area contributed by atoms with Crippen LogP contribution in [0.2, 0.25) is 0 Å². The summed E-state index contributed by atoms with van der Waals surface area (Å²) < 4.78 is 21.0. The van der Waals surface area contributed by atoms with E-state index in [9.17, 15) is 14.3 Å². The zero-order valence-corrected chi connectivity index (χ0v) is 19.1. The predicted octanol–water partition coefficient (Wildman–Crippen LogP) is 6.15. The molecule has 1 saturated carbocycles. The molecule has 0 radical (unpaired) electrons. The van der Waals surface area contributed by atoms with Crippen LogP contribution in [0, 0.1) is 18.2 Å². The predicted molar refractivity (Wildman–Crippen MR) is 128 cm³/mol. The molecule has 1 fully saturated rings. The molecule has 6 nitrogen and oxygen atoms in total. The number of benzene rings is 2. The van der Waals surface area contributed by atoms with Crippen molar-refractivity contribution in [2.75, 3.05) is 0 Å². The lowest BCUT2D eigenvalue weighted by atomic mass is 9.75. The van der Waals surface area contributed by atoms with Gasteiger partial charge in [0.05, 0.1) is 22.0 Å². The number of aryl methyl sites for hydroxylation is 1. The van der Waals surface area contributed by atoms with Crippen LogP contribution in [0.5, 0.6) is 5.88 Å². The molecule has 2 heterocycles. The molecule has 0 bridgehead atoms. The number of imidazole rings is 1. The summed E-state index contributed by atoms with van der Waals surface area (Å²) in [4.78, 5) is 23.5. The van der Waals surface area contributed by atoms with Crippen molar-refractivity contribution in [2.24, 2.45) is 5.41 Å². The van der Waals surface area contributed by atoms with Crippen molar-refractivity contribution in [3.05, 3.63) is 66.1 Å². The lowest BCUT2D eigenvalue weighted by Gasteiger charge is -2.33. The van der Waals surface area contributed by atoms with E-state index in [0.29, 0.717) is 48.5 Å². The maximum absolute atomic E-state index is 15.0. The largest absolute Gasteiger partial charge is 0.481 e. The zero-order chi connectivity index (χ0) is 23.9. The summed E-state index contributed by atoms with van der Waals surface area (Å²) in [5.41, 5.74) is 4.02. The van der Waals surface area contributed by atoms with Gasteiger partial charge in [-0.1, -0.05) is 12.1 Å². The molecule has 2 aromatic heterocycles. The van der Waals surface area contributed by atoms with Crippen molar-refractivity contribution in [3.63, 3.8) is 0 Å². The minimum Gasteiger partial charge on any atom is -0.481 e. The minimum absolute atomic E-state index is 0.0462. The average molecular weight is 460 g/mol. The topological polar surface area (TPSA) is 88.1 Å². The van der Waals surface area contributed by atoms with Crippen LogP contribution in [-0.2, 0) is 4.79 Å². The number of hydrogen-bond acceptors (Lipinski definition) is 4. The molecule has 4 aromatic rings. The average Bonchev–Trinajstić information content (AvgIpc) is 3.24. The van der Waals surface area contributed by atoms with Crippen molar-refractivity contribution in [1.82, 2.24) is 15.0 Å². The van der Waals surface area contributed by atoms with Gasteiger partial charge in [-0.3, -0.25) is 4.79 Å². The second-order valence-electron chi connectivity index (χ2n) is 9.37. The van der Waals surface area contributed by atoms with Gasteiger partial charge in [-0.05, 0) is 81.0 Å². The first kappa shape index (κ1) is 22.1.